The van der Waals surface area contributed by atoms with Gasteiger partial charge >= 0.3 is 0 Å². The van der Waals surface area contributed by atoms with Crippen LogP contribution in [0.1, 0.15) is 37.9 Å². The Morgan fingerprint density at radius 1 is 0.912 bits per heavy atom. The third kappa shape index (κ3) is 2.94. The van der Waals surface area contributed by atoms with E-state index in [1.807, 2.05) is 0 Å². The Morgan fingerprint density at radius 2 is 1.62 bits per heavy atom. The van der Waals surface area contributed by atoms with Crippen molar-refractivity contribution in [1.29, 1.82) is 0 Å². The average Bonchev–Trinajstić information content (AvgIpc) is 3.06. The predicted molar refractivity (Wildman–Crippen MR) is 120 cm³/mol. The van der Waals surface area contributed by atoms with Crippen LogP contribution in [0.5, 0.6) is 0 Å². The third-order valence-corrected chi connectivity index (χ3v) is 6.60. The quantitative estimate of drug-likeness (QED) is 0.238. The number of hydrogen-bond donors (Lipinski definition) is 0. The molecule has 2 aliphatic heterocycles. The van der Waals surface area contributed by atoms with Gasteiger partial charge in [0.1, 0.15) is 17.4 Å². The lowest BCUT2D eigenvalue weighted by molar-refractivity contribution is -0.385. The maximum absolute atomic E-state index is 14.9. The molecule has 5 rings (SSSR count). The first-order valence-electron chi connectivity index (χ1n) is 10.2. The van der Waals surface area contributed by atoms with Crippen molar-refractivity contribution >= 4 is 40.7 Å². The second-order valence-electron chi connectivity index (χ2n) is 7.94. The summed E-state index contributed by atoms with van der Waals surface area (Å²) in [6.07, 6.45) is 0. The van der Waals surface area contributed by atoms with Crippen molar-refractivity contribution in [3.8, 4) is 0 Å². The molecule has 170 valence electrons. The van der Waals surface area contributed by atoms with Gasteiger partial charge in [0.05, 0.1) is 16.5 Å². The molecule has 0 N–H and O–H groups in total. The largest absolute Gasteiger partial charge is 0.300 e. The van der Waals surface area contributed by atoms with Crippen LogP contribution in [0.15, 0.2) is 60.7 Å². The van der Waals surface area contributed by atoms with E-state index in [2.05, 4.69) is 0 Å². The minimum Gasteiger partial charge on any atom is -0.300 e. The van der Waals surface area contributed by atoms with Gasteiger partial charge in [-0.1, -0.05) is 41.9 Å². The number of carbonyl (C=O) groups is 3. The molecule has 3 aromatic rings. The number of halogens is 2. The van der Waals surface area contributed by atoms with Crippen molar-refractivity contribution in [2.24, 2.45) is 0 Å². The van der Waals surface area contributed by atoms with E-state index in [-0.39, 0.29) is 16.7 Å². The fourth-order valence-corrected chi connectivity index (χ4v) is 4.74. The highest BCUT2D eigenvalue weighted by molar-refractivity contribution is 6.32. The summed E-state index contributed by atoms with van der Waals surface area (Å²) < 4.78 is 14.9. The molecule has 1 fully saturated rings. The topological polar surface area (TPSA) is 101 Å². The molecular formula is C24H15ClFN3O5. The SMILES string of the molecule is Cc1c(Cl)cccc1N1C(=O)C(N2C(=O)c3cccc([N+](=O)[O-])c3C2=O)C1c1ccccc1F. The molecule has 34 heavy (non-hydrogen) atoms. The Bertz CT molecular complexity index is 1430. The first-order valence-corrected chi connectivity index (χ1v) is 10.6. The molecule has 3 amide bonds. The van der Waals surface area contributed by atoms with Gasteiger partial charge in [-0.3, -0.25) is 34.3 Å². The number of fused-ring (bicyclic) bond motifs is 1. The zero-order valence-electron chi connectivity index (χ0n) is 17.6. The second kappa shape index (κ2) is 7.74. The number of benzene rings is 3. The monoisotopic (exact) mass is 479 g/mol. The average molecular weight is 480 g/mol. The van der Waals surface area contributed by atoms with Gasteiger partial charge in [-0.25, -0.2) is 4.39 Å². The highest BCUT2D eigenvalue weighted by Gasteiger charge is 2.59. The normalized spacial score (nSPS) is 19.3. The van der Waals surface area contributed by atoms with E-state index in [0.717, 1.165) is 6.07 Å². The number of hydrogen-bond acceptors (Lipinski definition) is 5. The molecule has 8 nitrogen and oxygen atoms in total. The molecule has 2 aliphatic rings. The van der Waals surface area contributed by atoms with Crippen molar-refractivity contribution in [2.45, 2.75) is 19.0 Å². The molecule has 10 heteroatoms. The molecule has 2 heterocycles. The van der Waals surface area contributed by atoms with Crippen molar-refractivity contribution in [1.82, 2.24) is 4.90 Å². The Hall–Kier alpha value is -4.11. The van der Waals surface area contributed by atoms with Crippen LogP contribution in [0, 0.1) is 22.9 Å². The number of β-lactam (4-membered cyclic amide) rings is 1. The fourth-order valence-electron chi connectivity index (χ4n) is 4.57. The Balaban J connectivity index is 1.65. The van der Waals surface area contributed by atoms with Crippen LogP contribution in [0.25, 0.3) is 0 Å². The molecule has 0 aromatic heterocycles. The number of anilines is 1. The Kier molecular flexibility index (Phi) is 4.94. The maximum atomic E-state index is 14.9. The second-order valence-corrected chi connectivity index (χ2v) is 8.35. The summed E-state index contributed by atoms with van der Waals surface area (Å²) in [6, 6.07) is 11.9. The summed E-state index contributed by atoms with van der Waals surface area (Å²) in [7, 11) is 0. The number of imide groups is 1. The maximum Gasteiger partial charge on any atom is 0.282 e. The van der Waals surface area contributed by atoms with Gasteiger partial charge in [0.25, 0.3) is 23.4 Å². The predicted octanol–water partition coefficient (Wildman–Crippen LogP) is 4.45. The van der Waals surface area contributed by atoms with E-state index >= 15 is 0 Å². The first-order chi connectivity index (χ1) is 16.2. The number of nitrogens with zero attached hydrogens (tertiary/aromatic N) is 3. The van der Waals surface area contributed by atoms with Crippen molar-refractivity contribution in [2.75, 3.05) is 4.90 Å². The van der Waals surface area contributed by atoms with E-state index < -0.39 is 46.2 Å². The van der Waals surface area contributed by atoms with E-state index in [1.165, 1.54) is 35.2 Å². The molecule has 2 unspecified atom stereocenters. The summed E-state index contributed by atoms with van der Waals surface area (Å²) in [6.45, 7) is 1.70. The number of amides is 3. The summed E-state index contributed by atoms with van der Waals surface area (Å²) >= 11 is 6.23. The molecule has 0 spiro atoms. The van der Waals surface area contributed by atoms with Crippen LogP contribution < -0.4 is 4.90 Å². The fraction of sp³-hybridized carbons (Fsp3) is 0.125. The standard InChI is InChI=1S/C24H15ClFN3O5/c1-12-15(25)8-5-10-17(12)27-20(13-6-2-3-9-16(13)26)21(24(27)32)28-22(30)14-7-4-11-18(29(33)34)19(14)23(28)31/h2-11,20-21H,1H3. The van der Waals surface area contributed by atoms with Crippen molar-refractivity contribution in [3.05, 3.63) is 104 Å². The third-order valence-electron chi connectivity index (χ3n) is 6.19. The molecule has 2 atom stereocenters. The smallest absolute Gasteiger partial charge is 0.282 e. The molecular weight excluding hydrogens is 465 g/mol. The van der Waals surface area contributed by atoms with Crippen molar-refractivity contribution in [3.63, 3.8) is 0 Å². The highest BCUT2D eigenvalue weighted by atomic mass is 35.5. The molecule has 3 aromatic carbocycles. The summed E-state index contributed by atoms with van der Waals surface area (Å²) in [5, 5.41) is 11.8. The van der Waals surface area contributed by atoms with Gasteiger partial charge in [-0.15, -0.1) is 0 Å². The van der Waals surface area contributed by atoms with Gasteiger partial charge in [0.2, 0.25) is 0 Å². The Morgan fingerprint density at radius 3 is 2.32 bits per heavy atom. The molecule has 0 saturated carbocycles. The first kappa shape index (κ1) is 21.7. The van der Waals surface area contributed by atoms with Crippen LogP contribution in [0.3, 0.4) is 0 Å². The molecule has 0 aliphatic carbocycles. The summed E-state index contributed by atoms with van der Waals surface area (Å²) in [5.41, 5.74) is -0.0147. The number of carbonyl (C=O) groups excluding carboxylic acids is 3. The van der Waals surface area contributed by atoms with Gasteiger partial charge in [0, 0.05) is 22.3 Å². The number of nitro groups is 1. The van der Waals surface area contributed by atoms with E-state index in [9.17, 15) is 28.9 Å². The summed E-state index contributed by atoms with van der Waals surface area (Å²) in [5.74, 6) is -3.06. The van der Waals surface area contributed by atoms with E-state index in [0.29, 0.717) is 21.2 Å². The lowest BCUT2D eigenvalue weighted by Crippen LogP contribution is -2.67. The molecule has 0 radical (unpaired) electrons. The van der Waals surface area contributed by atoms with Crippen LogP contribution in [0.2, 0.25) is 5.02 Å². The van der Waals surface area contributed by atoms with Crippen molar-refractivity contribution < 1.29 is 23.7 Å². The lowest BCUT2D eigenvalue weighted by atomic mass is 9.85. The minimum absolute atomic E-state index is 0.0949. The lowest BCUT2D eigenvalue weighted by Gasteiger charge is -2.50. The van der Waals surface area contributed by atoms with Gasteiger partial charge < -0.3 is 0 Å². The highest BCUT2D eigenvalue weighted by Crippen LogP contribution is 2.47. The van der Waals surface area contributed by atoms with E-state index in [1.54, 1.807) is 31.2 Å². The zero-order chi connectivity index (χ0) is 24.3. The van der Waals surface area contributed by atoms with Crippen LogP contribution in [-0.4, -0.2) is 33.6 Å². The Labute approximate surface area is 197 Å². The molecule has 0 bridgehead atoms. The van der Waals surface area contributed by atoms with Gasteiger partial charge in [-0.2, -0.15) is 0 Å². The number of nitro benzene ring substituents is 1. The minimum atomic E-state index is -1.39. The van der Waals surface area contributed by atoms with Gasteiger partial charge in [0.15, 0.2) is 0 Å². The van der Waals surface area contributed by atoms with Crippen LogP contribution in [-0.2, 0) is 4.79 Å². The summed E-state index contributed by atoms with van der Waals surface area (Å²) in [4.78, 5) is 52.6. The zero-order valence-corrected chi connectivity index (χ0v) is 18.3. The van der Waals surface area contributed by atoms with E-state index in [4.69, 9.17) is 11.6 Å². The van der Waals surface area contributed by atoms with Crippen LogP contribution >= 0.6 is 11.6 Å². The van der Waals surface area contributed by atoms with Gasteiger partial charge in [-0.05, 0) is 36.8 Å². The molecule has 1 saturated heterocycles. The van der Waals surface area contributed by atoms with Crippen LogP contribution in [0.4, 0.5) is 15.8 Å². The number of rotatable bonds is 4.